The summed E-state index contributed by atoms with van der Waals surface area (Å²) in [6.07, 6.45) is 7.71. The first-order chi connectivity index (χ1) is 14.6. The Balaban J connectivity index is 1.65. The van der Waals surface area contributed by atoms with E-state index in [4.69, 9.17) is 14.8 Å². The first-order valence-corrected chi connectivity index (χ1v) is 10.1. The highest BCUT2D eigenvalue weighted by Gasteiger charge is 2.26. The Labute approximate surface area is 174 Å². The summed E-state index contributed by atoms with van der Waals surface area (Å²) in [7, 11) is 3.52. The molecule has 0 aromatic carbocycles. The van der Waals surface area contributed by atoms with E-state index in [0.717, 1.165) is 36.7 Å². The molecule has 158 valence electrons. The highest BCUT2D eigenvalue weighted by Crippen LogP contribution is 2.34. The second-order valence-electron chi connectivity index (χ2n) is 7.59. The second-order valence-corrected chi connectivity index (χ2v) is 7.59. The van der Waals surface area contributed by atoms with Crippen LogP contribution in [0.3, 0.4) is 0 Å². The van der Waals surface area contributed by atoms with Gasteiger partial charge in [0.25, 0.3) is 5.91 Å². The Morgan fingerprint density at radius 1 is 1.27 bits per heavy atom. The summed E-state index contributed by atoms with van der Waals surface area (Å²) >= 11 is 0. The molecule has 0 aliphatic heterocycles. The molecule has 3 heterocycles. The van der Waals surface area contributed by atoms with Crippen LogP contribution in [0.5, 0.6) is 5.75 Å². The Bertz CT molecular complexity index is 1030. The van der Waals surface area contributed by atoms with E-state index >= 15 is 0 Å². The normalized spacial score (nSPS) is 14.2. The van der Waals surface area contributed by atoms with E-state index in [0.29, 0.717) is 23.2 Å². The van der Waals surface area contributed by atoms with Gasteiger partial charge < -0.3 is 24.6 Å². The highest BCUT2D eigenvalue weighted by molar-refractivity contribution is 5.97. The molecule has 3 aromatic heterocycles. The fourth-order valence-electron chi connectivity index (χ4n) is 3.81. The van der Waals surface area contributed by atoms with Gasteiger partial charge in [-0.15, -0.1) is 0 Å². The average molecular weight is 410 g/mol. The van der Waals surface area contributed by atoms with Crippen molar-refractivity contribution < 1.29 is 14.6 Å². The molecule has 4 rings (SSSR count). The number of hydrogen-bond donors (Lipinski definition) is 2. The number of aliphatic hydroxyl groups is 1. The standard InChI is InChI=1S/C21H26N6O3/c1-26(2)20(29)17-11-14-12-23-21(25-19(14)27(17)15-5-3-4-6-15)24-18-8-7-16(13-22-18)30-10-9-28/h7-8,11-13,15,28H,3-6,9-10H2,1-2H3,(H,22,23,24,25). The van der Waals surface area contributed by atoms with Gasteiger partial charge in [0.2, 0.25) is 5.95 Å². The minimum Gasteiger partial charge on any atom is -0.490 e. The van der Waals surface area contributed by atoms with Crippen molar-refractivity contribution in [2.75, 3.05) is 32.6 Å². The number of carbonyl (C=O) groups is 1. The molecule has 1 fully saturated rings. The van der Waals surface area contributed by atoms with Gasteiger partial charge in [-0.3, -0.25) is 4.79 Å². The molecular formula is C21H26N6O3. The number of anilines is 2. The van der Waals surface area contributed by atoms with E-state index in [1.807, 2.05) is 6.07 Å². The van der Waals surface area contributed by atoms with Gasteiger partial charge in [-0.25, -0.2) is 9.97 Å². The van der Waals surface area contributed by atoms with E-state index in [-0.39, 0.29) is 25.2 Å². The number of fused-ring (bicyclic) bond motifs is 1. The van der Waals surface area contributed by atoms with Gasteiger partial charge in [-0.2, -0.15) is 4.98 Å². The fraction of sp³-hybridized carbons (Fsp3) is 0.429. The third kappa shape index (κ3) is 4.06. The second kappa shape index (κ2) is 8.66. The Morgan fingerprint density at radius 3 is 2.73 bits per heavy atom. The van der Waals surface area contributed by atoms with Crippen LogP contribution >= 0.6 is 0 Å². The Hall–Kier alpha value is -3.20. The quantitative estimate of drug-likeness (QED) is 0.617. The molecule has 1 aliphatic rings. The molecule has 30 heavy (non-hydrogen) atoms. The molecule has 1 amide bonds. The minimum absolute atomic E-state index is 0.0328. The summed E-state index contributed by atoms with van der Waals surface area (Å²) in [6, 6.07) is 5.67. The topological polar surface area (TPSA) is 105 Å². The number of pyridine rings is 1. The molecule has 0 radical (unpaired) electrons. The van der Waals surface area contributed by atoms with Crippen LogP contribution in [0, 0.1) is 0 Å². The van der Waals surface area contributed by atoms with Gasteiger partial charge in [-0.05, 0) is 31.0 Å². The number of carbonyl (C=O) groups excluding carboxylic acids is 1. The third-order valence-corrected chi connectivity index (χ3v) is 5.23. The fourth-order valence-corrected chi connectivity index (χ4v) is 3.81. The molecule has 1 saturated carbocycles. The summed E-state index contributed by atoms with van der Waals surface area (Å²) in [5.74, 6) is 1.54. The number of ether oxygens (including phenoxy) is 1. The molecule has 0 bridgehead atoms. The molecule has 0 spiro atoms. The van der Waals surface area contributed by atoms with Crippen LogP contribution in [0.15, 0.2) is 30.6 Å². The molecule has 0 atom stereocenters. The molecule has 9 heteroatoms. The third-order valence-electron chi connectivity index (χ3n) is 5.23. The average Bonchev–Trinajstić information content (AvgIpc) is 3.39. The summed E-state index contributed by atoms with van der Waals surface area (Å²) in [5, 5.41) is 12.8. The number of nitrogens with one attached hydrogen (secondary N) is 1. The molecule has 0 saturated heterocycles. The van der Waals surface area contributed by atoms with Crippen molar-refractivity contribution in [1.29, 1.82) is 0 Å². The van der Waals surface area contributed by atoms with Crippen molar-refractivity contribution in [3.8, 4) is 5.75 Å². The minimum atomic E-state index is -0.0488. The van der Waals surface area contributed by atoms with Crippen LogP contribution < -0.4 is 10.1 Å². The van der Waals surface area contributed by atoms with Crippen molar-refractivity contribution >= 4 is 28.7 Å². The summed E-state index contributed by atoms with van der Waals surface area (Å²) in [4.78, 5) is 27.8. The number of aliphatic hydroxyl groups excluding tert-OH is 1. The SMILES string of the molecule is CN(C)C(=O)c1cc2cnc(Nc3ccc(OCCO)cn3)nc2n1C1CCCC1. The lowest BCUT2D eigenvalue weighted by atomic mass is 10.2. The number of aromatic nitrogens is 4. The van der Waals surface area contributed by atoms with Crippen LogP contribution in [0.1, 0.15) is 42.2 Å². The van der Waals surface area contributed by atoms with Gasteiger partial charge >= 0.3 is 0 Å². The lowest BCUT2D eigenvalue weighted by molar-refractivity contribution is 0.0815. The van der Waals surface area contributed by atoms with Crippen molar-refractivity contribution in [1.82, 2.24) is 24.4 Å². The maximum Gasteiger partial charge on any atom is 0.270 e. The van der Waals surface area contributed by atoms with E-state index in [9.17, 15) is 4.79 Å². The molecular weight excluding hydrogens is 384 g/mol. The molecule has 0 unspecified atom stereocenters. The van der Waals surface area contributed by atoms with Crippen LogP contribution in [0.25, 0.3) is 11.0 Å². The van der Waals surface area contributed by atoms with Gasteiger partial charge in [0, 0.05) is 31.7 Å². The first-order valence-electron chi connectivity index (χ1n) is 10.1. The van der Waals surface area contributed by atoms with Gasteiger partial charge in [0.1, 0.15) is 29.5 Å². The Morgan fingerprint density at radius 2 is 2.07 bits per heavy atom. The number of rotatable bonds is 7. The molecule has 3 aromatic rings. The number of amides is 1. The van der Waals surface area contributed by atoms with E-state index < -0.39 is 0 Å². The van der Waals surface area contributed by atoms with Crippen LogP contribution in [-0.4, -0.2) is 62.7 Å². The summed E-state index contributed by atoms with van der Waals surface area (Å²) < 4.78 is 7.40. The Kier molecular flexibility index (Phi) is 5.80. The van der Waals surface area contributed by atoms with Gasteiger partial charge in [0.05, 0.1) is 12.8 Å². The van der Waals surface area contributed by atoms with E-state index in [1.165, 1.54) is 0 Å². The zero-order valence-corrected chi connectivity index (χ0v) is 17.2. The molecule has 9 nitrogen and oxygen atoms in total. The van der Waals surface area contributed by atoms with Crippen LogP contribution in [-0.2, 0) is 0 Å². The summed E-state index contributed by atoms with van der Waals surface area (Å²) in [6.45, 7) is 0.174. The lowest BCUT2D eigenvalue weighted by Crippen LogP contribution is -2.25. The lowest BCUT2D eigenvalue weighted by Gasteiger charge is -2.19. The zero-order chi connectivity index (χ0) is 21.1. The van der Waals surface area contributed by atoms with E-state index in [1.54, 1.807) is 43.5 Å². The van der Waals surface area contributed by atoms with Crippen LogP contribution in [0.4, 0.5) is 11.8 Å². The zero-order valence-electron chi connectivity index (χ0n) is 17.2. The maximum atomic E-state index is 12.8. The molecule has 2 N–H and O–H groups in total. The largest absolute Gasteiger partial charge is 0.490 e. The van der Waals surface area contributed by atoms with Crippen molar-refractivity contribution in [2.24, 2.45) is 0 Å². The van der Waals surface area contributed by atoms with E-state index in [2.05, 4.69) is 19.9 Å². The smallest absolute Gasteiger partial charge is 0.270 e. The highest BCUT2D eigenvalue weighted by atomic mass is 16.5. The maximum absolute atomic E-state index is 12.8. The monoisotopic (exact) mass is 410 g/mol. The number of nitrogens with zero attached hydrogens (tertiary/aromatic N) is 5. The number of hydrogen-bond acceptors (Lipinski definition) is 7. The van der Waals surface area contributed by atoms with Crippen molar-refractivity contribution in [3.63, 3.8) is 0 Å². The van der Waals surface area contributed by atoms with Crippen molar-refractivity contribution in [3.05, 3.63) is 36.3 Å². The van der Waals surface area contributed by atoms with Crippen molar-refractivity contribution in [2.45, 2.75) is 31.7 Å². The van der Waals surface area contributed by atoms with Gasteiger partial charge in [-0.1, -0.05) is 12.8 Å². The predicted molar refractivity (Wildman–Crippen MR) is 113 cm³/mol. The molecule has 1 aliphatic carbocycles. The predicted octanol–water partition coefficient (Wildman–Crippen LogP) is 2.76. The van der Waals surface area contributed by atoms with Gasteiger partial charge in [0.15, 0.2) is 0 Å². The summed E-state index contributed by atoms with van der Waals surface area (Å²) in [5.41, 5.74) is 1.41. The van der Waals surface area contributed by atoms with Crippen LogP contribution in [0.2, 0.25) is 0 Å². The first kappa shape index (κ1) is 20.1.